The fourth-order valence-corrected chi connectivity index (χ4v) is 5.28. The van der Waals surface area contributed by atoms with E-state index in [0.29, 0.717) is 22.7 Å². The number of hydrogen-bond donors (Lipinski definition) is 3. The van der Waals surface area contributed by atoms with Gasteiger partial charge >= 0.3 is 6.09 Å². The number of ether oxygens (including phenoxy) is 3. The number of fused-ring (bicyclic) bond motifs is 2. The highest BCUT2D eigenvalue weighted by Gasteiger charge is 2.58. The molecule has 5 atom stereocenters. The molecule has 2 aliphatic heterocycles. The quantitative estimate of drug-likeness (QED) is 0.468. The Hall–Kier alpha value is -2.76. The summed E-state index contributed by atoms with van der Waals surface area (Å²) in [4.78, 5) is 20.6. The van der Waals surface area contributed by atoms with E-state index < -0.39 is 42.5 Å². The zero-order chi connectivity index (χ0) is 24.9. The number of carboxylic acid groups (broad SMARTS) is 1. The van der Waals surface area contributed by atoms with E-state index >= 15 is 0 Å². The molecule has 186 valence electrons. The van der Waals surface area contributed by atoms with Crippen molar-refractivity contribution in [3.63, 3.8) is 0 Å². The Balaban J connectivity index is 1.59. The number of amides is 1. The zero-order valence-electron chi connectivity index (χ0n) is 19.5. The third kappa shape index (κ3) is 4.36. The van der Waals surface area contributed by atoms with Crippen molar-refractivity contribution in [1.29, 1.82) is 0 Å². The van der Waals surface area contributed by atoms with Crippen LogP contribution in [-0.4, -0.2) is 61.5 Å². The molecule has 0 unspecified atom stereocenters. The molecule has 2 aliphatic rings. The molecule has 35 heavy (non-hydrogen) atoms. The Kier molecular flexibility index (Phi) is 6.18. The third-order valence-corrected chi connectivity index (χ3v) is 6.71. The maximum absolute atomic E-state index is 11.9. The molecule has 4 heterocycles. The largest absolute Gasteiger partial charge is 0.465 e. The summed E-state index contributed by atoms with van der Waals surface area (Å²) in [5.74, 6) is -0.898. The second-order valence-electron chi connectivity index (χ2n) is 9.22. The van der Waals surface area contributed by atoms with Crippen LogP contribution in [0, 0.1) is 6.92 Å². The molecule has 2 aromatic heterocycles. The van der Waals surface area contributed by atoms with Gasteiger partial charge in [-0.05, 0) is 56.5 Å². The number of aryl methyl sites for hydroxylation is 1. The number of aromatic nitrogens is 3. The molecule has 3 aromatic rings. The highest BCUT2D eigenvalue weighted by atomic mass is 35.5. The lowest BCUT2D eigenvalue weighted by Gasteiger charge is -2.30. The average molecular weight is 503 g/mol. The Bertz CT molecular complexity index is 1260. The minimum atomic E-state index is -1.21. The van der Waals surface area contributed by atoms with Gasteiger partial charge in [0.05, 0.1) is 11.7 Å². The summed E-state index contributed by atoms with van der Waals surface area (Å²) in [5.41, 5.74) is 2.89. The van der Waals surface area contributed by atoms with Gasteiger partial charge in [0.25, 0.3) is 0 Å². The molecular formula is C24H27ClN4O6. The van der Waals surface area contributed by atoms with Gasteiger partial charge in [-0.25, -0.2) is 14.8 Å². The van der Waals surface area contributed by atoms with Crippen LogP contribution in [0.25, 0.3) is 11.0 Å². The van der Waals surface area contributed by atoms with Gasteiger partial charge in [-0.15, -0.1) is 0 Å². The van der Waals surface area contributed by atoms with Gasteiger partial charge in [0, 0.05) is 23.2 Å². The van der Waals surface area contributed by atoms with Crippen LogP contribution in [0.1, 0.15) is 42.9 Å². The summed E-state index contributed by atoms with van der Waals surface area (Å²) in [5, 5.41) is 23.3. The van der Waals surface area contributed by atoms with Crippen molar-refractivity contribution in [3.8, 4) is 0 Å². The number of carbonyl (C=O) groups is 1. The summed E-state index contributed by atoms with van der Waals surface area (Å²) in [7, 11) is 0. The summed E-state index contributed by atoms with van der Waals surface area (Å²) >= 11 is 6.20. The van der Waals surface area contributed by atoms with Gasteiger partial charge in [0.15, 0.2) is 12.0 Å². The zero-order valence-corrected chi connectivity index (χ0v) is 20.3. The minimum Gasteiger partial charge on any atom is -0.465 e. The van der Waals surface area contributed by atoms with Crippen LogP contribution in [0.3, 0.4) is 0 Å². The molecule has 5 rings (SSSR count). The molecule has 0 spiro atoms. The molecule has 0 bridgehead atoms. The molecule has 2 fully saturated rings. The van der Waals surface area contributed by atoms with Crippen LogP contribution in [0.2, 0.25) is 5.02 Å². The molecule has 0 saturated carbocycles. The summed E-state index contributed by atoms with van der Waals surface area (Å²) in [6, 6.07) is 6.28. The molecule has 1 aromatic carbocycles. The Morgan fingerprint density at radius 1 is 1.26 bits per heavy atom. The van der Waals surface area contributed by atoms with Gasteiger partial charge < -0.3 is 34.3 Å². The van der Waals surface area contributed by atoms with Crippen molar-refractivity contribution >= 4 is 28.7 Å². The summed E-state index contributed by atoms with van der Waals surface area (Å²) in [6.07, 6.45) is 0.00211. The number of aliphatic hydroxyl groups is 1. The van der Waals surface area contributed by atoms with E-state index in [1.54, 1.807) is 18.2 Å². The summed E-state index contributed by atoms with van der Waals surface area (Å²) < 4.78 is 20.9. The molecule has 3 N–H and O–H groups in total. The number of rotatable bonds is 6. The molecule has 11 heteroatoms. The lowest BCUT2D eigenvalue weighted by atomic mass is 9.92. The van der Waals surface area contributed by atoms with E-state index in [0.717, 1.165) is 16.6 Å². The van der Waals surface area contributed by atoms with Crippen LogP contribution in [0.4, 0.5) is 4.79 Å². The number of halogens is 1. The van der Waals surface area contributed by atoms with Crippen molar-refractivity contribution < 1.29 is 29.2 Å². The Labute approximate surface area is 206 Å². The SMILES string of the molecule is Cc1ncnc2c1ccn2[C@@H]1O[C@H]([C@@H](NC(=O)O)c2ccc(Cl)cc2CCO)[C@H]2OC(C)(C)O[C@H]21. The summed E-state index contributed by atoms with van der Waals surface area (Å²) in [6.45, 7) is 5.43. The van der Waals surface area contributed by atoms with Gasteiger partial charge in [0.2, 0.25) is 0 Å². The van der Waals surface area contributed by atoms with Crippen LogP contribution in [0.15, 0.2) is 36.8 Å². The first kappa shape index (κ1) is 24.0. The van der Waals surface area contributed by atoms with Gasteiger partial charge in [0.1, 0.15) is 30.3 Å². The molecule has 0 radical (unpaired) electrons. The Morgan fingerprint density at radius 2 is 2.03 bits per heavy atom. The van der Waals surface area contributed by atoms with Gasteiger partial charge in [-0.2, -0.15) is 0 Å². The first-order valence-electron chi connectivity index (χ1n) is 11.4. The second kappa shape index (κ2) is 9.03. The predicted octanol–water partition coefficient (Wildman–Crippen LogP) is 3.35. The van der Waals surface area contributed by atoms with E-state index in [2.05, 4.69) is 15.3 Å². The van der Waals surface area contributed by atoms with Gasteiger partial charge in [-0.3, -0.25) is 0 Å². The topological polar surface area (TPSA) is 128 Å². The van der Waals surface area contributed by atoms with Crippen molar-refractivity contribution in [1.82, 2.24) is 19.9 Å². The first-order valence-corrected chi connectivity index (χ1v) is 11.7. The van der Waals surface area contributed by atoms with Gasteiger partial charge in [-0.1, -0.05) is 17.7 Å². The predicted molar refractivity (Wildman–Crippen MR) is 126 cm³/mol. The normalized spacial score (nSPS) is 26.1. The van der Waals surface area contributed by atoms with E-state index in [9.17, 15) is 15.0 Å². The van der Waals surface area contributed by atoms with Crippen LogP contribution >= 0.6 is 11.6 Å². The van der Waals surface area contributed by atoms with E-state index in [4.69, 9.17) is 25.8 Å². The first-order chi connectivity index (χ1) is 16.7. The van der Waals surface area contributed by atoms with Crippen molar-refractivity contribution in [2.24, 2.45) is 0 Å². The highest BCUT2D eigenvalue weighted by molar-refractivity contribution is 6.30. The molecule has 0 aliphatic carbocycles. The minimum absolute atomic E-state index is 0.117. The lowest BCUT2D eigenvalue weighted by Crippen LogP contribution is -2.43. The van der Waals surface area contributed by atoms with Crippen LogP contribution in [-0.2, 0) is 20.6 Å². The van der Waals surface area contributed by atoms with Crippen molar-refractivity contribution in [3.05, 3.63) is 58.6 Å². The van der Waals surface area contributed by atoms with Crippen molar-refractivity contribution in [2.75, 3.05) is 6.61 Å². The standard InChI is InChI=1S/C24H27ClN4O6/c1-12-15-6-8-29(21(15)27-11-26-12)22-20-19(34-24(2,3)35-20)18(33-22)17(28-23(31)32)16-5-4-14(25)10-13(16)7-9-30/h4-6,8,10-11,17-20,22,28,30H,7,9H2,1-3H3,(H,31,32)/t17-,18+,19+,20+,22+/m0/s1. The van der Waals surface area contributed by atoms with Crippen LogP contribution < -0.4 is 5.32 Å². The molecule has 1 amide bonds. The van der Waals surface area contributed by atoms with Crippen molar-refractivity contribution in [2.45, 2.75) is 63.6 Å². The van der Waals surface area contributed by atoms with E-state index in [-0.39, 0.29) is 6.61 Å². The monoisotopic (exact) mass is 502 g/mol. The number of benzene rings is 1. The second-order valence-corrected chi connectivity index (χ2v) is 9.66. The number of nitrogens with one attached hydrogen (secondary N) is 1. The number of nitrogens with zero attached hydrogens (tertiary/aromatic N) is 3. The number of aliphatic hydroxyl groups excluding tert-OH is 1. The van der Waals surface area contributed by atoms with Crippen LogP contribution in [0.5, 0.6) is 0 Å². The molecular weight excluding hydrogens is 476 g/mol. The molecule has 2 saturated heterocycles. The maximum Gasteiger partial charge on any atom is 0.405 e. The lowest BCUT2D eigenvalue weighted by molar-refractivity contribution is -0.199. The maximum atomic E-state index is 11.9. The fourth-order valence-electron chi connectivity index (χ4n) is 5.09. The highest BCUT2D eigenvalue weighted by Crippen LogP contribution is 2.47. The van der Waals surface area contributed by atoms with E-state index in [1.165, 1.54) is 6.33 Å². The molecule has 10 nitrogen and oxygen atoms in total. The number of hydrogen-bond acceptors (Lipinski definition) is 7. The Morgan fingerprint density at radius 3 is 2.77 bits per heavy atom. The third-order valence-electron chi connectivity index (χ3n) is 6.48. The fraction of sp³-hybridized carbons (Fsp3) is 0.458. The van der Waals surface area contributed by atoms with E-state index in [1.807, 2.05) is 37.6 Å². The average Bonchev–Trinajstić information content (AvgIpc) is 3.44. The smallest absolute Gasteiger partial charge is 0.405 e.